The fourth-order valence-electron chi connectivity index (χ4n) is 5.93. The molecular formula is C29H28ClFN4O2. The van der Waals surface area contributed by atoms with Crippen molar-refractivity contribution in [1.82, 2.24) is 19.4 Å². The largest absolute Gasteiger partial charge is 0.328 e. The van der Waals surface area contributed by atoms with Gasteiger partial charge in [0.15, 0.2) is 0 Å². The minimum absolute atomic E-state index is 0.184. The fourth-order valence-corrected chi connectivity index (χ4v) is 6.11. The number of aromatic amines is 1. The molecule has 0 spiro atoms. The highest BCUT2D eigenvalue weighted by Gasteiger charge is 2.36. The maximum Gasteiger partial charge on any atom is 0.328 e. The quantitative estimate of drug-likeness (QED) is 0.426. The average Bonchev–Trinajstić information content (AvgIpc) is 3.28. The molecule has 37 heavy (non-hydrogen) atoms. The van der Waals surface area contributed by atoms with Gasteiger partial charge < -0.3 is 4.98 Å². The summed E-state index contributed by atoms with van der Waals surface area (Å²) in [6.07, 6.45) is 0.934. The topological polar surface area (TPSA) is 61.3 Å². The molecule has 1 aliphatic heterocycles. The van der Waals surface area contributed by atoms with Gasteiger partial charge in [-0.2, -0.15) is 0 Å². The molecule has 1 aromatic heterocycles. The number of aromatic nitrogens is 2. The Morgan fingerprint density at radius 2 is 1.65 bits per heavy atom. The molecule has 1 N–H and O–H groups in total. The van der Waals surface area contributed by atoms with Gasteiger partial charge in [-0.15, -0.1) is 0 Å². The van der Waals surface area contributed by atoms with E-state index in [0.29, 0.717) is 24.0 Å². The SMILES string of the molecule is O=c1[nH]c2ccccc2c(=O)n1CCN1CCN(C2CC(c3ccc(F)cc3)c3cc(Cl)ccc32)CC1. The standard InChI is InChI=1S/C29H28ClFN4O2/c30-20-7-10-22-25(17-20)24(19-5-8-21(31)9-6-19)18-27(22)34-14-11-33(12-15-34)13-16-35-28(36)23-3-1-2-4-26(23)32-29(35)37/h1-10,17,24,27H,11-16,18H2,(H,32,37). The first-order chi connectivity index (χ1) is 18.0. The van der Waals surface area contributed by atoms with Crippen molar-refractivity contribution in [3.05, 3.63) is 115 Å². The van der Waals surface area contributed by atoms with Gasteiger partial charge in [-0.25, -0.2) is 9.18 Å². The van der Waals surface area contributed by atoms with Gasteiger partial charge in [-0.3, -0.25) is 19.2 Å². The minimum atomic E-state index is -0.365. The Labute approximate surface area is 218 Å². The highest BCUT2D eigenvalue weighted by molar-refractivity contribution is 6.30. The Hall–Kier alpha value is -3.26. The molecule has 190 valence electrons. The summed E-state index contributed by atoms with van der Waals surface area (Å²) in [4.78, 5) is 33.0. The van der Waals surface area contributed by atoms with Gasteiger partial charge in [0, 0.05) is 56.3 Å². The third-order valence-corrected chi connectivity index (χ3v) is 8.13. The van der Waals surface area contributed by atoms with Gasteiger partial charge in [0.25, 0.3) is 5.56 Å². The summed E-state index contributed by atoms with van der Waals surface area (Å²) < 4.78 is 14.9. The van der Waals surface area contributed by atoms with Crippen molar-refractivity contribution in [2.24, 2.45) is 0 Å². The maximum absolute atomic E-state index is 13.6. The van der Waals surface area contributed by atoms with Gasteiger partial charge in [-0.05, 0) is 59.5 Å². The van der Waals surface area contributed by atoms with E-state index in [1.165, 1.54) is 27.8 Å². The molecule has 6 rings (SSSR count). The summed E-state index contributed by atoms with van der Waals surface area (Å²) in [6, 6.07) is 20.3. The lowest BCUT2D eigenvalue weighted by molar-refractivity contribution is 0.0923. The van der Waals surface area contributed by atoms with Crippen LogP contribution < -0.4 is 11.2 Å². The van der Waals surface area contributed by atoms with Crippen LogP contribution in [-0.2, 0) is 6.54 Å². The van der Waals surface area contributed by atoms with E-state index in [2.05, 4.69) is 26.9 Å². The number of para-hydroxylation sites is 1. The number of hydrogen-bond acceptors (Lipinski definition) is 4. The van der Waals surface area contributed by atoms with E-state index in [1.807, 2.05) is 18.2 Å². The smallest absolute Gasteiger partial charge is 0.307 e. The molecule has 1 aliphatic carbocycles. The number of halogens is 2. The second kappa shape index (κ2) is 9.89. The van der Waals surface area contributed by atoms with Crippen LogP contribution in [0, 0.1) is 5.82 Å². The van der Waals surface area contributed by atoms with Gasteiger partial charge in [-0.1, -0.05) is 41.9 Å². The third kappa shape index (κ3) is 4.63. The minimum Gasteiger partial charge on any atom is -0.307 e. The van der Waals surface area contributed by atoms with E-state index in [1.54, 1.807) is 24.3 Å². The van der Waals surface area contributed by atoms with Gasteiger partial charge >= 0.3 is 5.69 Å². The summed E-state index contributed by atoms with van der Waals surface area (Å²) in [5.74, 6) is -0.0440. The van der Waals surface area contributed by atoms with Crippen molar-refractivity contribution >= 4 is 22.5 Å². The van der Waals surface area contributed by atoms with Crippen LogP contribution in [0.15, 0.2) is 76.3 Å². The molecule has 2 atom stereocenters. The molecule has 8 heteroatoms. The summed E-state index contributed by atoms with van der Waals surface area (Å²) in [6.45, 7) is 4.51. The highest BCUT2D eigenvalue weighted by Crippen LogP contribution is 2.47. The third-order valence-electron chi connectivity index (χ3n) is 7.89. The molecule has 0 amide bonds. The molecule has 0 bridgehead atoms. The van der Waals surface area contributed by atoms with Crippen LogP contribution >= 0.6 is 11.6 Å². The van der Waals surface area contributed by atoms with Gasteiger partial charge in [0.05, 0.1) is 10.9 Å². The molecule has 2 heterocycles. The number of benzene rings is 3. The van der Waals surface area contributed by atoms with E-state index in [4.69, 9.17) is 11.6 Å². The second-order valence-electron chi connectivity index (χ2n) is 9.94. The average molecular weight is 519 g/mol. The molecule has 1 fully saturated rings. The van der Waals surface area contributed by atoms with E-state index >= 15 is 0 Å². The highest BCUT2D eigenvalue weighted by atomic mass is 35.5. The maximum atomic E-state index is 13.6. The van der Waals surface area contributed by atoms with E-state index in [0.717, 1.165) is 43.2 Å². The monoisotopic (exact) mass is 518 g/mol. The van der Waals surface area contributed by atoms with E-state index in [-0.39, 0.29) is 29.0 Å². The lowest BCUT2D eigenvalue weighted by Gasteiger charge is -2.38. The second-order valence-corrected chi connectivity index (χ2v) is 10.4. The zero-order valence-electron chi connectivity index (χ0n) is 20.4. The van der Waals surface area contributed by atoms with Gasteiger partial charge in [0.2, 0.25) is 0 Å². The molecule has 2 unspecified atom stereocenters. The zero-order valence-corrected chi connectivity index (χ0v) is 21.1. The Kier molecular flexibility index (Phi) is 6.44. The van der Waals surface area contributed by atoms with E-state index < -0.39 is 0 Å². The van der Waals surface area contributed by atoms with Crippen LogP contribution in [0.4, 0.5) is 4.39 Å². The zero-order chi connectivity index (χ0) is 25.5. The van der Waals surface area contributed by atoms with Crippen molar-refractivity contribution in [2.75, 3.05) is 32.7 Å². The first-order valence-corrected chi connectivity index (χ1v) is 13.1. The summed E-state index contributed by atoms with van der Waals surface area (Å²) in [5, 5.41) is 1.25. The first-order valence-electron chi connectivity index (χ1n) is 12.7. The fraction of sp³-hybridized carbons (Fsp3) is 0.310. The van der Waals surface area contributed by atoms with Crippen LogP contribution in [0.2, 0.25) is 5.02 Å². The van der Waals surface area contributed by atoms with E-state index in [9.17, 15) is 14.0 Å². The van der Waals surface area contributed by atoms with Crippen LogP contribution in [0.5, 0.6) is 0 Å². The lowest BCUT2D eigenvalue weighted by atomic mass is 9.93. The van der Waals surface area contributed by atoms with Crippen LogP contribution in [-0.4, -0.2) is 52.1 Å². The molecule has 0 radical (unpaired) electrons. The van der Waals surface area contributed by atoms with Crippen LogP contribution in [0.25, 0.3) is 10.9 Å². The molecular weight excluding hydrogens is 491 g/mol. The number of H-pyrrole nitrogens is 1. The number of piperazine rings is 1. The molecule has 3 aromatic carbocycles. The Morgan fingerprint density at radius 3 is 2.43 bits per heavy atom. The van der Waals surface area contributed by atoms with Crippen molar-refractivity contribution in [3.8, 4) is 0 Å². The number of nitrogens with one attached hydrogen (secondary N) is 1. The number of rotatable bonds is 5. The molecule has 4 aromatic rings. The number of fused-ring (bicyclic) bond motifs is 2. The Morgan fingerprint density at radius 1 is 0.892 bits per heavy atom. The lowest BCUT2D eigenvalue weighted by Crippen LogP contribution is -2.49. The van der Waals surface area contributed by atoms with Gasteiger partial charge in [0.1, 0.15) is 5.82 Å². The van der Waals surface area contributed by atoms with Crippen molar-refractivity contribution in [3.63, 3.8) is 0 Å². The predicted octanol–water partition coefficient (Wildman–Crippen LogP) is 4.38. The number of hydrogen-bond donors (Lipinski definition) is 1. The van der Waals surface area contributed by atoms with Crippen LogP contribution in [0.1, 0.15) is 35.1 Å². The predicted molar refractivity (Wildman–Crippen MR) is 144 cm³/mol. The summed E-state index contributed by atoms with van der Waals surface area (Å²) in [7, 11) is 0. The normalized spacial score (nSPS) is 20.4. The summed E-state index contributed by atoms with van der Waals surface area (Å²) >= 11 is 6.36. The van der Waals surface area contributed by atoms with Crippen molar-refractivity contribution in [1.29, 1.82) is 0 Å². The first kappa shape index (κ1) is 24.1. The molecule has 6 nitrogen and oxygen atoms in total. The Bertz CT molecular complexity index is 1560. The van der Waals surface area contributed by atoms with Crippen molar-refractivity contribution in [2.45, 2.75) is 24.9 Å². The Balaban J connectivity index is 1.14. The van der Waals surface area contributed by atoms with Crippen molar-refractivity contribution < 1.29 is 4.39 Å². The molecule has 1 saturated heterocycles. The molecule has 2 aliphatic rings. The molecule has 0 saturated carbocycles. The summed E-state index contributed by atoms with van der Waals surface area (Å²) in [5.41, 5.74) is 3.58. The number of nitrogens with zero attached hydrogens (tertiary/aromatic N) is 3. The van der Waals surface area contributed by atoms with Crippen LogP contribution in [0.3, 0.4) is 0 Å².